The highest BCUT2D eigenvalue weighted by Crippen LogP contribution is 2.34. The first-order chi connectivity index (χ1) is 11.7. The fourth-order valence-electron chi connectivity index (χ4n) is 1.93. The Bertz CT molecular complexity index is 874. The molecule has 25 heavy (non-hydrogen) atoms. The van der Waals surface area contributed by atoms with Gasteiger partial charge in [-0.25, -0.2) is 18.4 Å². The largest absolute Gasteiger partial charge is 0.478 e. The minimum atomic E-state index is -1.32. The summed E-state index contributed by atoms with van der Waals surface area (Å²) >= 11 is 11.9. The second-order valence-electron chi connectivity index (χ2n) is 4.92. The van der Waals surface area contributed by atoms with E-state index in [4.69, 9.17) is 33.0 Å². The van der Waals surface area contributed by atoms with Crippen molar-refractivity contribution in [2.45, 2.75) is 6.92 Å². The summed E-state index contributed by atoms with van der Waals surface area (Å²) in [6.07, 6.45) is 1.17. The topological polar surface area (TPSA) is 63.6 Å². The maximum atomic E-state index is 13.7. The number of hydrogen-bond donors (Lipinski definition) is 1. The number of benzene rings is 2. The lowest BCUT2D eigenvalue weighted by Gasteiger charge is -2.11. The van der Waals surface area contributed by atoms with Crippen LogP contribution in [-0.4, -0.2) is 17.0 Å². The molecular weight excluding hydrogens is 377 g/mol. The molecule has 8 heteroatoms. The highest BCUT2D eigenvalue weighted by Gasteiger charge is 2.22. The number of carboxylic acid groups (broad SMARTS) is 1. The Kier molecular flexibility index (Phi) is 5.77. The van der Waals surface area contributed by atoms with E-state index in [0.29, 0.717) is 0 Å². The van der Waals surface area contributed by atoms with E-state index in [-0.39, 0.29) is 26.9 Å². The van der Waals surface area contributed by atoms with Gasteiger partial charge in [-0.05, 0) is 37.3 Å². The number of ether oxygens (including phenoxy) is 1. The molecule has 0 saturated heterocycles. The van der Waals surface area contributed by atoms with Crippen molar-refractivity contribution in [2.75, 3.05) is 0 Å². The normalized spacial score (nSPS) is 11.3. The Morgan fingerprint density at radius 1 is 1.16 bits per heavy atom. The quantitative estimate of drug-likeness (QED) is 0.457. The third-order valence-electron chi connectivity index (χ3n) is 3.11. The minimum Gasteiger partial charge on any atom is -0.478 e. The van der Waals surface area contributed by atoms with Gasteiger partial charge < -0.3 is 9.84 Å². The van der Waals surface area contributed by atoms with Crippen molar-refractivity contribution in [3.8, 4) is 5.75 Å². The summed E-state index contributed by atoms with van der Waals surface area (Å²) in [5.41, 5.74) is -0.909. The highest BCUT2D eigenvalue weighted by atomic mass is 35.5. The second-order valence-corrected chi connectivity index (χ2v) is 5.77. The average Bonchev–Trinajstić information content (AvgIpc) is 2.50. The zero-order valence-corrected chi connectivity index (χ0v) is 14.2. The molecule has 0 unspecified atom stereocenters. The van der Waals surface area contributed by atoms with Crippen molar-refractivity contribution in [3.05, 3.63) is 68.7 Å². The maximum Gasteiger partial charge on any atom is 0.349 e. The number of carbonyl (C=O) groups is 2. The van der Waals surface area contributed by atoms with Crippen molar-refractivity contribution in [2.24, 2.45) is 0 Å². The van der Waals surface area contributed by atoms with Crippen LogP contribution in [0, 0.1) is 11.6 Å². The van der Waals surface area contributed by atoms with Gasteiger partial charge in [-0.1, -0.05) is 29.3 Å². The number of carbonyl (C=O) groups excluding carboxylic acids is 1. The van der Waals surface area contributed by atoms with Crippen molar-refractivity contribution >= 4 is 41.2 Å². The predicted molar refractivity (Wildman–Crippen MR) is 89.1 cm³/mol. The van der Waals surface area contributed by atoms with Crippen molar-refractivity contribution < 1.29 is 28.2 Å². The summed E-state index contributed by atoms with van der Waals surface area (Å²) in [7, 11) is 0. The number of halogens is 4. The Balaban J connectivity index is 2.51. The van der Waals surface area contributed by atoms with Crippen molar-refractivity contribution in [1.82, 2.24) is 0 Å². The zero-order chi connectivity index (χ0) is 18.7. The average molecular weight is 387 g/mol. The van der Waals surface area contributed by atoms with Crippen LogP contribution < -0.4 is 4.74 Å². The molecule has 0 heterocycles. The summed E-state index contributed by atoms with van der Waals surface area (Å²) in [4.78, 5) is 23.1. The van der Waals surface area contributed by atoms with E-state index < -0.39 is 29.1 Å². The van der Waals surface area contributed by atoms with E-state index in [1.54, 1.807) is 0 Å². The summed E-state index contributed by atoms with van der Waals surface area (Å²) in [6, 6.07) is 5.45. The van der Waals surface area contributed by atoms with Gasteiger partial charge in [0.25, 0.3) is 0 Å². The fraction of sp³-hybridized carbons (Fsp3) is 0.0588. The maximum absolute atomic E-state index is 13.7. The molecule has 0 spiro atoms. The van der Waals surface area contributed by atoms with E-state index in [1.165, 1.54) is 25.1 Å². The van der Waals surface area contributed by atoms with Crippen molar-refractivity contribution in [1.29, 1.82) is 0 Å². The molecule has 0 aromatic heterocycles. The van der Waals surface area contributed by atoms with Gasteiger partial charge in [0.05, 0.1) is 5.02 Å². The molecule has 2 aromatic carbocycles. The molecule has 1 N–H and O–H groups in total. The van der Waals surface area contributed by atoms with Gasteiger partial charge in [0, 0.05) is 16.2 Å². The van der Waals surface area contributed by atoms with E-state index in [2.05, 4.69) is 0 Å². The van der Waals surface area contributed by atoms with Crippen LogP contribution in [0.25, 0.3) is 6.08 Å². The molecule has 0 radical (unpaired) electrons. The van der Waals surface area contributed by atoms with Gasteiger partial charge in [0.2, 0.25) is 0 Å². The molecular formula is C17H10Cl2F2O4. The molecule has 0 amide bonds. The van der Waals surface area contributed by atoms with Crippen LogP contribution in [0.3, 0.4) is 0 Å². The van der Waals surface area contributed by atoms with Crippen LogP contribution in [0.2, 0.25) is 10.0 Å². The van der Waals surface area contributed by atoms with Gasteiger partial charge in [-0.3, -0.25) is 0 Å². The first kappa shape index (κ1) is 18.9. The Labute approximate surface area is 151 Å². The second kappa shape index (κ2) is 7.63. The van der Waals surface area contributed by atoms with Gasteiger partial charge >= 0.3 is 11.9 Å². The molecule has 0 bridgehead atoms. The molecule has 2 aromatic rings. The summed E-state index contributed by atoms with van der Waals surface area (Å²) in [5, 5.41) is 9.00. The van der Waals surface area contributed by atoms with Crippen LogP contribution in [0.1, 0.15) is 22.8 Å². The number of carboxylic acids is 1. The molecule has 0 aliphatic heterocycles. The number of aliphatic carboxylic acids is 1. The molecule has 4 nitrogen and oxygen atoms in total. The third kappa shape index (κ3) is 4.35. The predicted octanol–water partition coefficient (Wildman–Crippen LogP) is 4.98. The standard InChI is InChI=1S/C17H10Cl2F2O4/c1-8(16(22)23)5-9-6-10(18)7-11(19)15(9)25-17(24)14-12(20)3-2-4-13(14)21/h2-7H,1H3,(H,22,23)/b8-5+. The van der Waals surface area contributed by atoms with E-state index in [1.807, 2.05) is 0 Å². The molecule has 0 aliphatic rings. The number of esters is 1. The molecule has 130 valence electrons. The first-order valence-corrected chi connectivity index (χ1v) is 7.53. The molecule has 0 aliphatic carbocycles. The van der Waals surface area contributed by atoms with E-state index >= 15 is 0 Å². The lowest BCUT2D eigenvalue weighted by Crippen LogP contribution is -2.14. The van der Waals surface area contributed by atoms with Crippen LogP contribution in [-0.2, 0) is 4.79 Å². The minimum absolute atomic E-state index is 0.0718. The van der Waals surface area contributed by atoms with Crippen LogP contribution in [0.15, 0.2) is 35.9 Å². The number of rotatable bonds is 4. The van der Waals surface area contributed by atoms with Gasteiger partial charge in [-0.2, -0.15) is 0 Å². The molecule has 0 atom stereocenters. The van der Waals surface area contributed by atoms with Crippen LogP contribution in [0.5, 0.6) is 5.75 Å². The lowest BCUT2D eigenvalue weighted by atomic mass is 10.1. The zero-order valence-electron chi connectivity index (χ0n) is 12.6. The molecule has 0 saturated carbocycles. The summed E-state index contributed by atoms with van der Waals surface area (Å²) in [6.45, 7) is 1.30. The van der Waals surface area contributed by atoms with E-state index in [9.17, 15) is 18.4 Å². The summed E-state index contributed by atoms with van der Waals surface area (Å²) in [5.74, 6) is -5.00. The van der Waals surface area contributed by atoms with Gasteiger partial charge in [0.15, 0.2) is 5.75 Å². The number of hydrogen-bond acceptors (Lipinski definition) is 3. The van der Waals surface area contributed by atoms with Gasteiger partial charge in [-0.15, -0.1) is 0 Å². The van der Waals surface area contributed by atoms with E-state index in [0.717, 1.165) is 18.2 Å². The highest BCUT2D eigenvalue weighted by molar-refractivity contribution is 6.36. The Hall–Kier alpha value is -2.44. The van der Waals surface area contributed by atoms with Crippen LogP contribution >= 0.6 is 23.2 Å². The molecule has 0 fully saturated rings. The van der Waals surface area contributed by atoms with Crippen molar-refractivity contribution in [3.63, 3.8) is 0 Å². The third-order valence-corrected chi connectivity index (χ3v) is 3.61. The monoisotopic (exact) mass is 386 g/mol. The van der Waals surface area contributed by atoms with Gasteiger partial charge in [0.1, 0.15) is 17.2 Å². The van der Waals surface area contributed by atoms with Crippen LogP contribution in [0.4, 0.5) is 8.78 Å². The molecule has 2 rings (SSSR count). The Morgan fingerprint density at radius 2 is 1.76 bits per heavy atom. The fourth-order valence-corrected chi connectivity index (χ4v) is 2.47. The smallest absolute Gasteiger partial charge is 0.349 e. The Morgan fingerprint density at radius 3 is 2.32 bits per heavy atom. The lowest BCUT2D eigenvalue weighted by molar-refractivity contribution is -0.132. The SMILES string of the molecule is C/C(=C\c1cc(Cl)cc(Cl)c1OC(=O)c1c(F)cccc1F)C(=O)O. The summed E-state index contributed by atoms with van der Waals surface area (Å²) < 4.78 is 32.4. The first-order valence-electron chi connectivity index (χ1n) is 6.77.